The summed E-state index contributed by atoms with van der Waals surface area (Å²) in [5, 5.41) is 14.2. The molecule has 0 heterocycles. The molecule has 0 saturated heterocycles. The third kappa shape index (κ3) is 4.91. The molecule has 0 unspecified atom stereocenters. The van der Waals surface area contributed by atoms with Gasteiger partial charge in [-0.2, -0.15) is 18.4 Å². The molecule has 0 atom stereocenters. The summed E-state index contributed by atoms with van der Waals surface area (Å²) < 4.78 is 38.1. The molecule has 1 amide bonds. The molecular formula is C17H12ClF3N4O. The van der Waals surface area contributed by atoms with Crippen LogP contribution in [-0.2, 0) is 11.0 Å². The van der Waals surface area contributed by atoms with Gasteiger partial charge in [0.15, 0.2) is 0 Å². The molecule has 4 N–H and O–H groups in total. The molecule has 2 rings (SSSR count). The average molecular weight is 381 g/mol. The quantitative estimate of drug-likeness (QED) is 0.416. The van der Waals surface area contributed by atoms with Crippen LogP contribution in [0.2, 0.25) is 5.02 Å². The first-order valence-corrected chi connectivity index (χ1v) is 7.49. The van der Waals surface area contributed by atoms with E-state index in [0.29, 0.717) is 5.69 Å². The van der Waals surface area contributed by atoms with Crippen molar-refractivity contribution in [1.82, 2.24) is 0 Å². The summed E-state index contributed by atoms with van der Waals surface area (Å²) in [5.74, 6) is -0.779. The van der Waals surface area contributed by atoms with Gasteiger partial charge in [0, 0.05) is 17.6 Å². The van der Waals surface area contributed by atoms with Crippen molar-refractivity contribution in [2.45, 2.75) is 6.18 Å². The topological polar surface area (TPSA) is 90.9 Å². The maximum atomic E-state index is 12.7. The number of benzene rings is 2. The lowest BCUT2D eigenvalue weighted by Crippen LogP contribution is -2.15. The van der Waals surface area contributed by atoms with Crippen molar-refractivity contribution in [1.29, 1.82) is 5.26 Å². The minimum atomic E-state index is -4.50. The fourth-order valence-electron chi connectivity index (χ4n) is 1.91. The minimum absolute atomic E-state index is 0.0749. The van der Waals surface area contributed by atoms with E-state index < -0.39 is 17.6 Å². The summed E-state index contributed by atoms with van der Waals surface area (Å²) in [6, 6.07) is 10.4. The second-order valence-corrected chi connectivity index (χ2v) is 5.49. The Labute approximate surface area is 151 Å². The number of nitrogen functional groups attached to an aromatic ring is 1. The number of nitriles is 1. The van der Waals surface area contributed by atoms with Gasteiger partial charge >= 0.3 is 6.18 Å². The molecule has 0 aromatic heterocycles. The fourth-order valence-corrected chi connectivity index (χ4v) is 2.15. The molecule has 0 fully saturated rings. The number of hydrogen-bond acceptors (Lipinski definition) is 4. The predicted molar refractivity (Wildman–Crippen MR) is 93.3 cm³/mol. The molecule has 0 spiro atoms. The molecule has 0 bridgehead atoms. The summed E-state index contributed by atoms with van der Waals surface area (Å²) >= 11 is 5.94. The van der Waals surface area contributed by atoms with Gasteiger partial charge in [0.1, 0.15) is 11.6 Å². The van der Waals surface area contributed by atoms with Crippen molar-refractivity contribution >= 4 is 34.6 Å². The van der Waals surface area contributed by atoms with E-state index in [9.17, 15) is 18.0 Å². The third-order valence-electron chi connectivity index (χ3n) is 3.18. The van der Waals surface area contributed by atoms with Crippen molar-refractivity contribution in [3.8, 4) is 6.07 Å². The van der Waals surface area contributed by atoms with Crippen molar-refractivity contribution in [2.75, 3.05) is 16.4 Å². The lowest BCUT2D eigenvalue weighted by atomic mass is 10.2. The highest BCUT2D eigenvalue weighted by Crippen LogP contribution is 2.30. The number of alkyl halides is 3. The van der Waals surface area contributed by atoms with Crippen LogP contribution in [0.15, 0.2) is 54.2 Å². The Balaban J connectivity index is 2.15. The summed E-state index contributed by atoms with van der Waals surface area (Å²) in [6.45, 7) is 0. The second kappa shape index (κ2) is 7.80. The number of nitrogens with two attached hydrogens (primary N) is 1. The first kappa shape index (κ1) is 19.1. The monoisotopic (exact) mass is 380 g/mol. The standard InChI is InChI=1S/C17H12ClF3N4O/c18-14-7-12(23)4-5-15(14)25-16(26)10(8-22)9-24-13-3-1-2-11(6-13)17(19,20)21/h1-7,9,24H,23H2,(H,25,26)/b10-9-. The minimum Gasteiger partial charge on any atom is -0.399 e. The van der Waals surface area contributed by atoms with Crippen LogP contribution in [0.1, 0.15) is 5.56 Å². The number of carbonyl (C=O) groups excluding carboxylic acids is 1. The van der Waals surface area contributed by atoms with Crippen LogP contribution >= 0.6 is 11.6 Å². The molecule has 26 heavy (non-hydrogen) atoms. The number of amides is 1. The maximum absolute atomic E-state index is 12.7. The van der Waals surface area contributed by atoms with E-state index in [4.69, 9.17) is 22.6 Å². The molecule has 0 saturated carbocycles. The Hall–Kier alpha value is -3.18. The van der Waals surface area contributed by atoms with Crippen LogP contribution < -0.4 is 16.4 Å². The van der Waals surface area contributed by atoms with Gasteiger partial charge in [0.2, 0.25) is 0 Å². The highest BCUT2D eigenvalue weighted by molar-refractivity contribution is 6.34. The van der Waals surface area contributed by atoms with Gasteiger partial charge in [-0.15, -0.1) is 0 Å². The lowest BCUT2D eigenvalue weighted by molar-refractivity contribution is -0.137. The largest absolute Gasteiger partial charge is 0.416 e. The van der Waals surface area contributed by atoms with E-state index in [-0.39, 0.29) is 22.0 Å². The van der Waals surface area contributed by atoms with Crippen LogP contribution in [0.3, 0.4) is 0 Å². The fraction of sp³-hybridized carbons (Fsp3) is 0.0588. The number of hydrogen-bond donors (Lipinski definition) is 3. The molecule has 0 aliphatic rings. The number of anilines is 3. The number of halogens is 4. The highest BCUT2D eigenvalue weighted by Gasteiger charge is 2.30. The number of rotatable bonds is 4. The predicted octanol–water partition coefficient (Wildman–Crippen LogP) is 4.40. The van der Waals surface area contributed by atoms with Gasteiger partial charge in [0.05, 0.1) is 16.3 Å². The zero-order valence-electron chi connectivity index (χ0n) is 13.1. The zero-order valence-corrected chi connectivity index (χ0v) is 13.8. The Morgan fingerprint density at radius 3 is 2.58 bits per heavy atom. The van der Waals surface area contributed by atoms with Gasteiger partial charge in [-0.25, -0.2) is 0 Å². The zero-order chi connectivity index (χ0) is 19.3. The summed E-state index contributed by atoms with van der Waals surface area (Å²) in [4.78, 5) is 12.1. The summed E-state index contributed by atoms with van der Waals surface area (Å²) in [5.41, 5.74) is 5.06. The van der Waals surface area contributed by atoms with E-state index in [2.05, 4.69) is 10.6 Å². The molecule has 5 nitrogen and oxygen atoms in total. The average Bonchev–Trinajstić information content (AvgIpc) is 2.57. The normalized spacial score (nSPS) is 11.6. The van der Waals surface area contributed by atoms with Gasteiger partial charge in [-0.1, -0.05) is 17.7 Å². The number of carbonyl (C=O) groups is 1. The lowest BCUT2D eigenvalue weighted by Gasteiger charge is -2.09. The number of nitrogens with one attached hydrogen (secondary N) is 2. The molecule has 0 aliphatic carbocycles. The molecule has 2 aromatic carbocycles. The van der Waals surface area contributed by atoms with Crippen LogP contribution in [0.5, 0.6) is 0 Å². The Kier molecular flexibility index (Phi) is 5.75. The highest BCUT2D eigenvalue weighted by atomic mass is 35.5. The van der Waals surface area contributed by atoms with E-state index in [1.165, 1.54) is 30.3 Å². The van der Waals surface area contributed by atoms with E-state index in [0.717, 1.165) is 18.3 Å². The molecule has 2 aromatic rings. The Bertz CT molecular complexity index is 904. The van der Waals surface area contributed by atoms with Gasteiger partial charge in [-0.3, -0.25) is 4.79 Å². The molecule has 0 aliphatic heterocycles. The van der Waals surface area contributed by atoms with Crippen molar-refractivity contribution in [3.63, 3.8) is 0 Å². The van der Waals surface area contributed by atoms with Crippen molar-refractivity contribution < 1.29 is 18.0 Å². The summed E-state index contributed by atoms with van der Waals surface area (Å²) in [7, 11) is 0. The van der Waals surface area contributed by atoms with Crippen molar-refractivity contribution in [2.24, 2.45) is 0 Å². The smallest absolute Gasteiger partial charge is 0.399 e. The first-order chi connectivity index (χ1) is 12.2. The van der Waals surface area contributed by atoms with E-state index in [1.807, 2.05) is 0 Å². The van der Waals surface area contributed by atoms with Crippen LogP contribution in [0.4, 0.5) is 30.2 Å². The van der Waals surface area contributed by atoms with Crippen LogP contribution in [0.25, 0.3) is 0 Å². The van der Waals surface area contributed by atoms with Crippen LogP contribution in [-0.4, -0.2) is 5.91 Å². The van der Waals surface area contributed by atoms with E-state index >= 15 is 0 Å². The molecule has 134 valence electrons. The van der Waals surface area contributed by atoms with Gasteiger partial charge in [-0.05, 0) is 36.4 Å². The SMILES string of the molecule is N#C/C(=C/Nc1cccc(C(F)(F)F)c1)C(=O)Nc1ccc(N)cc1Cl. The van der Waals surface area contributed by atoms with Crippen LogP contribution in [0, 0.1) is 11.3 Å². The molecule has 0 radical (unpaired) electrons. The maximum Gasteiger partial charge on any atom is 0.416 e. The van der Waals surface area contributed by atoms with Crippen molar-refractivity contribution in [3.05, 3.63) is 64.8 Å². The first-order valence-electron chi connectivity index (χ1n) is 7.11. The molecular weight excluding hydrogens is 369 g/mol. The summed E-state index contributed by atoms with van der Waals surface area (Å²) in [6.07, 6.45) is -3.49. The molecule has 9 heteroatoms. The number of nitrogens with zero attached hydrogens (tertiary/aromatic N) is 1. The Morgan fingerprint density at radius 2 is 1.96 bits per heavy atom. The van der Waals surface area contributed by atoms with Gasteiger partial charge in [0.25, 0.3) is 5.91 Å². The van der Waals surface area contributed by atoms with E-state index in [1.54, 1.807) is 6.07 Å². The third-order valence-corrected chi connectivity index (χ3v) is 3.49. The second-order valence-electron chi connectivity index (χ2n) is 5.09. The Morgan fingerprint density at radius 1 is 1.23 bits per heavy atom. The van der Waals surface area contributed by atoms with Gasteiger partial charge < -0.3 is 16.4 Å².